The minimum absolute atomic E-state index is 0.280. The molecule has 6 nitrogen and oxygen atoms in total. The van der Waals surface area contributed by atoms with Gasteiger partial charge in [0.25, 0.3) is 0 Å². The van der Waals surface area contributed by atoms with Gasteiger partial charge in [-0.1, -0.05) is 0 Å². The summed E-state index contributed by atoms with van der Waals surface area (Å²) in [6.07, 6.45) is 3.16. The summed E-state index contributed by atoms with van der Waals surface area (Å²) >= 11 is 0. The van der Waals surface area contributed by atoms with Crippen LogP contribution in [0.5, 0.6) is 0 Å². The molecule has 0 aromatic carbocycles. The molecule has 0 spiro atoms. The predicted octanol–water partition coefficient (Wildman–Crippen LogP) is 2.27. The molecule has 0 aliphatic carbocycles. The van der Waals surface area contributed by atoms with Crippen molar-refractivity contribution in [3.05, 3.63) is 18.5 Å². The lowest BCUT2D eigenvalue weighted by molar-refractivity contribution is 0.00578. The fourth-order valence-electron chi connectivity index (χ4n) is 2.32. The zero-order chi connectivity index (χ0) is 17.3. The normalized spacial score (nSPS) is 20.0. The number of rotatable bonds is 6. The van der Waals surface area contributed by atoms with Crippen LogP contribution in [0.1, 0.15) is 41.5 Å². The first-order chi connectivity index (χ1) is 10.7. The Hall–Kier alpha value is -0.715. The Balaban J connectivity index is 2.45. The van der Waals surface area contributed by atoms with E-state index in [1.165, 1.54) is 0 Å². The monoisotopic (exact) mass is 341 g/mol. The molecule has 1 aliphatic heterocycles. The summed E-state index contributed by atoms with van der Waals surface area (Å²) in [5, 5.41) is 0.440. The smallest absolute Gasteiger partial charge is 0.399 e. The van der Waals surface area contributed by atoms with E-state index in [9.17, 15) is 4.57 Å². The van der Waals surface area contributed by atoms with Gasteiger partial charge in [-0.15, -0.1) is 0 Å². The van der Waals surface area contributed by atoms with Crippen molar-refractivity contribution in [1.82, 2.24) is 4.98 Å². The highest BCUT2D eigenvalue weighted by atomic mass is 31.2. The Kier molecular flexibility index (Phi) is 5.39. The van der Waals surface area contributed by atoms with Crippen LogP contribution >= 0.6 is 7.60 Å². The highest BCUT2D eigenvalue weighted by Gasteiger charge is 2.53. The van der Waals surface area contributed by atoms with E-state index in [0.717, 1.165) is 0 Å². The number of hydrogen-bond acceptors (Lipinski definition) is 6. The van der Waals surface area contributed by atoms with Gasteiger partial charge in [0.05, 0.1) is 29.7 Å². The summed E-state index contributed by atoms with van der Waals surface area (Å²) < 4.78 is 36.1. The number of nitrogens with zero attached hydrogens (tertiary/aromatic N) is 1. The molecule has 1 aromatic heterocycles. The maximum atomic E-state index is 13.1. The number of hydrogen-bond donors (Lipinski definition) is 0. The summed E-state index contributed by atoms with van der Waals surface area (Å²) in [6.45, 7) is 12.0. The summed E-state index contributed by atoms with van der Waals surface area (Å²) in [5.41, 5.74) is -0.408. The molecule has 128 valence electrons. The van der Waals surface area contributed by atoms with Gasteiger partial charge in [0.15, 0.2) is 0 Å². The molecule has 0 amide bonds. The fraction of sp³-hybridized carbons (Fsp3) is 0.667. The standard InChI is InChI=1S/C15H25BNO5P/c1-7-19-23(18,20-8-2)13-9-10-17-11-12(13)16-21-14(3,4)15(5,6)22-16/h9-11H,7-8H2,1-6H3. The van der Waals surface area contributed by atoms with Crippen LogP contribution in [0.15, 0.2) is 18.5 Å². The van der Waals surface area contributed by atoms with E-state index in [1.54, 1.807) is 32.3 Å². The molecule has 0 radical (unpaired) electrons. The molecule has 0 unspecified atom stereocenters. The third-order valence-corrected chi connectivity index (χ3v) is 6.42. The lowest BCUT2D eigenvalue weighted by atomic mass is 9.80. The van der Waals surface area contributed by atoms with Gasteiger partial charge in [-0.3, -0.25) is 9.55 Å². The van der Waals surface area contributed by atoms with Crippen molar-refractivity contribution in [1.29, 1.82) is 0 Å². The van der Waals surface area contributed by atoms with E-state index >= 15 is 0 Å². The fourth-order valence-corrected chi connectivity index (χ4v) is 4.08. The van der Waals surface area contributed by atoms with Crippen LogP contribution in [0.4, 0.5) is 0 Å². The second-order valence-electron chi connectivity index (χ2n) is 6.36. The minimum atomic E-state index is -3.45. The van der Waals surface area contributed by atoms with Crippen molar-refractivity contribution in [3.8, 4) is 0 Å². The van der Waals surface area contributed by atoms with Crippen molar-refractivity contribution < 1.29 is 22.9 Å². The first-order valence-corrected chi connectivity index (χ1v) is 9.40. The minimum Gasteiger partial charge on any atom is -0.399 e. The zero-order valence-electron chi connectivity index (χ0n) is 14.7. The van der Waals surface area contributed by atoms with Crippen molar-refractivity contribution in [2.45, 2.75) is 52.7 Å². The Morgan fingerprint density at radius 2 is 1.65 bits per heavy atom. The Labute approximate surface area is 138 Å². The van der Waals surface area contributed by atoms with Crippen molar-refractivity contribution in [2.75, 3.05) is 13.2 Å². The first kappa shape index (κ1) is 18.6. The van der Waals surface area contributed by atoms with Crippen LogP contribution in [0.25, 0.3) is 0 Å². The van der Waals surface area contributed by atoms with Crippen LogP contribution in [0.2, 0.25) is 0 Å². The highest BCUT2D eigenvalue weighted by Crippen LogP contribution is 2.46. The van der Waals surface area contributed by atoms with Crippen molar-refractivity contribution >= 4 is 25.5 Å². The van der Waals surface area contributed by atoms with E-state index in [0.29, 0.717) is 10.8 Å². The molecule has 2 rings (SSSR count). The average Bonchev–Trinajstić information content (AvgIpc) is 2.68. The third-order valence-electron chi connectivity index (χ3n) is 4.23. The average molecular weight is 341 g/mol. The van der Waals surface area contributed by atoms with Gasteiger partial charge < -0.3 is 18.4 Å². The van der Waals surface area contributed by atoms with E-state index in [4.69, 9.17) is 18.4 Å². The molecule has 0 N–H and O–H groups in total. The van der Waals surface area contributed by atoms with E-state index in [-0.39, 0.29) is 13.2 Å². The zero-order valence-corrected chi connectivity index (χ0v) is 15.6. The largest absolute Gasteiger partial charge is 0.497 e. The summed E-state index contributed by atoms with van der Waals surface area (Å²) in [7, 11) is -4.11. The lowest BCUT2D eigenvalue weighted by Gasteiger charge is -2.32. The molecule has 0 saturated carbocycles. The Morgan fingerprint density at radius 1 is 1.13 bits per heavy atom. The van der Waals surface area contributed by atoms with Gasteiger partial charge in [-0.05, 0) is 47.6 Å². The van der Waals surface area contributed by atoms with Crippen LogP contribution in [0, 0.1) is 0 Å². The maximum Gasteiger partial charge on any atom is 0.497 e. The van der Waals surface area contributed by atoms with Crippen molar-refractivity contribution in [3.63, 3.8) is 0 Å². The quantitative estimate of drug-likeness (QED) is 0.584. The van der Waals surface area contributed by atoms with Crippen LogP contribution in [0.3, 0.4) is 0 Å². The van der Waals surface area contributed by atoms with E-state index < -0.39 is 25.9 Å². The molecule has 2 heterocycles. The van der Waals surface area contributed by atoms with Crippen molar-refractivity contribution in [2.24, 2.45) is 0 Å². The second kappa shape index (κ2) is 6.65. The molecule has 1 aliphatic rings. The van der Waals surface area contributed by atoms with Gasteiger partial charge in [0.1, 0.15) is 0 Å². The molecular formula is C15H25BNO5P. The van der Waals surface area contributed by atoms with Gasteiger partial charge in [0.2, 0.25) is 0 Å². The molecule has 1 aromatic rings. The van der Waals surface area contributed by atoms with Crippen LogP contribution in [-0.2, 0) is 22.9 Å². The maximum absolute atomic E-state index is 13.1. The highest BCUT2D eigenvalue weighted by molar-refractivity contribution is 7.62. The Bertz CT molecular complexity index is 581. The second-order valence-corrected chi connectivity index (χ2v) is 8.35. The van der Waals surface area contributed by atoms with Gasteiger partial charge >= 0.3 is 14.7 Å². The van der Waals surface area contributed by atoms with E-state index in [1.807, 2.05) is 27.7 Å². The summed E-state index contributed by atoms with van der Waals surface area (Å²) in [6, 6.07) is 1.65. The molecule has 0 bridgehead atoms. The first-order valence-electron chi connectivity index (χ1n) is 7.86. The van der Waals surface area contributed by atoms with Gasteiger partial charge in [-0.25, -0.2) is 0 Å². The topological polar surface area (TPSA) is 66.9 Å². The Morgan fingerprint density at radius 3 is 2.13 bits per heavy atom. The summed E-state index contributed by atoms with van der Waals surface area (Å²) in [4.78, 5) is 4.13. The summed E-state index contributed by atoms with van der Waals surface area (Å²) in [5.74, 6) is 0. The SMILES string of the molecule is CCOP(=O)(OCC)c1ccncc1B1OC(C)(C)C(C)(C)O1. The van der Waals surface area contributed by atoms with Gasteiger partial charge in [-0.2, -0.15) is 0 Å². The number of aromatic nitrogens is 1. The third kappa shape index (κ3) is 3.54. The molecule has 8 heteroatoms. The molecule has 1 saturated heterocycles. The molecule has 23 heavy (non-hydrogen) atoms. The molecule has 0 atom stereocenters. The lowest BCUT2D eigenvalue weighted by Crippen LogP contribution is -2.44. The predicted molar refractivity (Wildman–Crippen MR) is 90.4 cm³/mol. The van der Waals surface area contributed by atoms with E-state index in [2.05, 4.69) is 4.98 Å². The molecule has 1 fully saturated rings. The molecular weight excluding hydrogens is 316 g/mol. The van der Waals surface area contributed by atoms with Gasteiger partial charge in [0, 0.05) is 17.9 Å². The van der Waals surface area contributed by atoms with Crippen LogP contribution < -0.4 is 10.8 Å². The number of pyridine rings is 1. The van der Waals surface area contributed by atoms with Crippen LogP contribution in [-0.4, -0.2) is 36.5 Å².